The van der Waals surface area contributed by atoms with E-state index in [-0.39, 0.29) is 47.9 Å². The molecule has 0 atom stereocenters. The Morgan fingerprint density at radius 1 is 0.833 bits per heavy atom. The van der Waals surface area contributed by atoms with Gasteiger partial charge in [0.25, 0.3) is 0 Å². The summed E-state index contributed by atoms with van der Waals surface area (Å²) in [6.07, 6.45) is 6.71. The summed E-state index contributed by atoms with van der Waals surface area (Å²) < 4.78 is 5.37. The topological polar surface area (TPSA) is 50.2 Å². The van der Waals surface area contributed by atoms with Crippen LogP contribution < -0.4 is 0 Å². The Labute approximate surface area is 311 Å². The third-order valence-corrected chi connectivity index (χ3v) is 13.7. The third-order valence-electron chi connectivity index (χ3n) is 10.3. The maximum atomic E-state index is 12.2. The van der Waals surface area contributed by atoms with Crippen LogP contribution in [0.1, 0.15) is 98.4 Å². The molecule has 4 aromatic heterocycles. The number of ketones is 1. The quantitative estimate of drug-likeness (QED) is 0.0941. The van der Waals surface area contributed by atoms with Crippen LogP contribution in [-0.4, -0.2) is 15.9 Å². The average Bonchev–Trinajstić information content (AvgIpc) is 3.79. The molecule has 0 spiro atoms. The second-order valence-electron chi connectivity index (χ2n) is 14.3. The van der Waals surface area contributed by atoms with Gasteiger partial charge in [0.15, 0.2) is 5.78 Å². The predicted molar refractivity (Wildman–Crippen MR) is 209 cm³/mol. The van der Waals surface area contributed by atoms with Crippen LogP contribution in [-0.2, 0) is 30.3 Å². The van der Waals surface area contributed by atoms with Crippen LogP contribution in [0.2, 0.25) is 0 Å². The van der Waals surface area contributed by atoms with Crippen LogP contribution in [0.3, 0.4) is 0 Å². The van der Waals surface area contributed by atoms with E-state index in [1.807, 2.05) is 81.7 Å². The summed E-state index contributed by atoms with van der Waals surface area (Å²) in [7, 11) is 0. The van der Waals surface area contributed by atoms with E-state index in [2.05, 4.69) is 75.5 Å². The van der Waals surface area contributed by atoms with Crippen LogP contribution in [0.4, 0.5) is 0 Å². The Kier molecular flexibility index (Phi) is 11.9. The number of aliphatic hydroxyl groups is 1. The summed E-state index contributed by atoms with van der Waals surface area (Å²) in [5.74, 6) is 0.286. The molecule has 48 heavy (non-hydrogen) atoms. The number of carbonyl (C=O) groups is 1. The SMILES string of the molecule is CCC(C)(CC)C(=O)/C=C(\O)C(C)(CC)CC.Cc1cc2ccc3c4ccnc(-c5[c-]c6ccsc6c(C(C)(C)C)c5)c4sc3c2s1.[Ir]. The van der Waals surface area contributed by atoms with Gasteiger partial charge in [-0.1, -0.05) is 85.6 Å². The van der Waals surface area contributed by atoms with Gasteiger partial charge in [-0.15, -0.1) is 46.3 Å². The number of thiophene rings is 3. The number of aromatic nitrogens is 1. The molecule has 0 bridgehead atoms. The first-order valence-electron chi connectivity index (χ1n) is 16.8. The van der Waals surface area contributed by atoms with Crippen LogP contribution in [0.5, 0.6) is 0 Å². The van der Waals surface area contributed by atoms with Crippen LogP contribution in [0.25, 0.3) is 51.6 Å². The molecule has 257 valence electrons. The molecule has 0 aliphatic rings. The molecule has 0 unspecified atom stereocenters. The number of benzene rings is 2. The number of pyridine rings is 1. The van der Waals surface area contributed by atoms with E-state index in [0.717, 1.165) is 36.9 Å². The largest absolute Gasteiger partial charge is 0.512 e. The van der Waals surface area contributed by atoms with E-state index < -0.39 is 0 Å². The number of hydrogen-bond donors (Lipinski definition) is 1. The fourth-order valence-corrected chi connectivity index (χ4v) is 9.49. The Morgan fingerprint density at radius 2 is 1.48 bits per heavy atom. The number of hydrogen-bond acceptors (Lipinski definition) is 6. The standard InChI is InChI=1S/C26H20NS3.C15H28O2.Ir/c1-14-11-15-5-6-18-19-7-9-27-21(24(19)30-25(18)23(15)29-14)17-12-16-8-10-28-22(16)20(13-17)26(2,3)4;1-7-14(5,8-2)12(16)11-13(17)15(6,9-3)10-4;/h5-11,13H,1-4H3;11,16H,7-10H2,1-6H3;/q-1;;/b;12-11-;. The molecule has 0 aliphatic carbocycles. The van der Waals surface area contributed by atoms with Crippen LogP contribution >= 0.6 is 34.0 Å². The predicted octanol–water partition coefficient (Wildman–Crippen LogP) is 13.6. The maximum absolute atomic E-state index is 12.2. The van der Waals surface area contributed by atoms with Gasteiger partial charge < -0.3 is 5.11 Å². The molecule has 4 heterocycles. The summed E-state index contributed by atoms with van der Waals surface area (Å²) in [6.45, 7) is 21.1. The van der Waals surface area contributed by atoms with Crippen LogP contribution in [0, 0.1) is 23.8 Å². The monoisotopic (exact) mass is 875 g/mol. The van der Waals surface area contributed by atoms with E-state index >= 15 is 0 Å². The number of aliphatic hydroxyl groups excluding tert-OH is 1. The second kappa shape index (κ2) is 14.8. The summed E-state index contributed by atoms with van der Waals surface area (Å²) in [5.41, 5.74) is 2.99. The van der Waals surface area contributed by atoms with Gasteiger partial charge in [0.05, 0.1) is 9.40 Å². The normalized spacial score (nSPS) is 12.8. The molecule has 2 aromatic carbocycles. The fraction of sp³-hybridized carbons (Fsp3) is 0.415. The zero-order chi connectivity index (χ0) is 34.3. The number of carbonyl (C=O) groups excluding carboxylic acids is 1. The Morgan fingerprint density at radius 3 is 2.10 bits per heavy atom. The first kappa shape index (κ1) is 38.4. The molecule has 1 N–H and O–H groups in total. The van der Waals surface area contributed by atoms with Crippen molar-refractivity contribution in [1.82, 2.24) is 4.98 Å². The number of allylic oxidation sites excluding steroid dienone is 2. The molecule has 0 aliphatic heterocycles. The molecule has 6 aromatic rings. The number of rotatable bonds is 8. The number of nitrogens with zero attached hydrogens (tertiary/aromatic N) is 1. The van der Waals surface area contributed by atoms with Crippen molar-refractivity contribution in [1.29, 1.82) is 0 Å². The maximum Gasteiger partial charge on any atom is 0.164 e. The zero-order valence-corrected chi connectivity index (χ0v) is 34.7. The van der Waals surface area contributed by atoms with Crippen molar-refractivity contribution in [2.75, 3.05) is 0 Å². The van der Waals surface area contributed by atoms with Gasteiger partial charge in [-0.3, -0.25) is 9.78 Å². The van der Waals surface area contributed by atoms with Crippen molar-refractivity contribution in [2.24, 2.45) is 10.8 Å². The molecule has 0 amide bonds. The van der Waals surface area contributed by atoms with Gasteiger partial charge in [-0.05, 0) is 71.0 Å². The van der Waals surface area contributed by atoms with E-state index in [4.69, 9.17) is 4.98 Å². The van der Waals surface area contributed by atoms with E-state index in [9.17, 15) is 9.90 Å². The molecule has 6 rings (SSSR count). The van der Waals surface area contributed by atoms with Crippen molar-refractivity contribution in [3.8, 4) is 11.3 Å². The van der Waals surface area contributed by atoms with Crippen molar-refractivity contribution in [3.05, 3.63) is 76.3 Å². The average molecular weight is 875 g/mol. The van der Waals surface area contributed by atoms with Crippen molar-refractivity contribution in [2.45, 2.75) is 100 Å². The number of aryl methyl sites for hydroxylation is 1. The van der Waals surface area contributed by atoms with Crippen molar-refractivity contribution >= 4 is 80.1 Å². The van der Waals surface area contributed by atoms with Gasteiger partial charge in [0.2, 0.25) is 0 Å². The Bertz CT molecular complexity index is 2100. The molecule has 1 radical (unpaired) electrons. The van der Waals surface area contributed by atoms with Gasteiger partial charge >= 0.3 is 0 Å². The Hall–Kier alpha value is -2.41. The van der Waals surface area contributed by atoms with Crippen molar-refractivity contribution < 1.29 is 30.0 Å². The van der Waals surface area contributed by atoms with Gasteiger partial charge in [-0.2, -0.15) is 11.3 Å². The minimum Gasteiger partial charge on any atom is -0.512 e. The summed E-state index contributed by atoms with van der Waals surface area (Å²) >= 11 is 5.58. The molecule has 7 heteroatoms. The molecule has 0 saturated heterocycles. The first-order chi connectivity index (χ1) is 22.2. The van der Waals surface area contributed by atoms with Gasteiger partial charge in [0, 0.05) is 63.9 Å². The molecule has 3 nitrogen and oxygen atoms in total. The van der Waals surface area contributed by atoms with E-state index in [1.165, 1.54) is 56.9 Å². The minimum absolute atomic E-state index is 0. The summed E-state index contributed by atoms with van der Waals surface area (Å²) in [5, 5.41) is 17.5. The summed E-state index contributed by atoms with van der Waals surface area (Å²) in [4.78, 5) is 18.4. The Balaban J connectivity index is 0.000000251. The first-order valence-corrected chi connectivity index (χ1v) is 19.3. The smallest absolute Gasteiger partial charge is 0.164 e. The van der Waals surface area contributed by atoms with Crippen molar-refractivity contribution in [3.63, 3.8) is 0 Å². The van der Waals surface area contributed by atoms with E-state index in [1.54, 1.807) is 0 Å². The fourth-order valence-electron chi connectivity index (χ4n) is 5.95. The minimum atomic E-state index is -0.337. The second-order valence-corrected chi connectivity index (χ2v) is 17.5. The molecule has 0 saturated carbocycles. The molecular weight excluding hydrogens is 827 g/mol. The third kappa shape index (κ3) is 7.23. The van der Waals surface area contributed by atoms with E-state index in [0.29, 0.717) is 0 Å². The number of fused-ring (bicyclic) bond motifs is 6. The van der Waals surface area contributed by atoms with Gasteiger partial charge in [0.1, 0.15) is 5.76 Å². The van der Waals surface area contributed by atoms with Crippen LogP contribution in [0.15, 0.2) is 59.8 Å². The molecule has 0 fully saturated rings. The zero-order valence-electron chi connectivity index (χ0n) is 29.9. The van der Waals surface area contributed by atoms with Gasteiger partial charge in [-0.25, -0.2) is 0 Å². The summed E-state index contributed by atoms with van der Waals surface area (Å²) in [6, 6.07) is 17.2. The molecular formula is C41H48IrNO2S3-.